The minimum absolute atomic E-state index is 0.115. The number of para-hydroxylation sites is 1. The molecule has 2 nitrogen and oxygen atoms in total. The molecule has 0 amide bonds. The van der Waals surface area contributed by atoms with E-state index in [1.54, 1.807) is 17.4 Å². The first-order valence-electron chi connectivity index (χ1n) is 6.20. The number of hydrogen-bond donors (Lipinski definition) is 1. The number of fused-ring (bicyclic) bond motifs is 1. The summed E-state index contributed by atoms with van der Waals surface area (Å²) in [7, 11) is 0. The Kier molecular flexibility index (Phi) is 3.83. The fourth-order valence-electron chi connectivity index (χ4n) is 1.97. The van der Waals surface area contributed by atoms with Crippen LogP contribution in [-0.4, -0.2) is 4.98 Å². The van der Waals surface area contributed by atoms with E-state index < -0.39 is 0 Å². The quantitative estimate of drug-likeness (QED) is 0.661. The molecular formula is C15H12Cl2N2S. The van der Waals surface area contributed by atoms with Gasteiger partial charge < -0.3 is 5.32 Å². The molecule has 0 saturated heterocycles. The third kappa shape index (κ3) is 2.75. The Morgan fingerprint density at radius 3 is 2.65 bits per heavy atom. The highest BCUT2D eigenvalue weighted by molar-refractivity contribution is 7.18. The van der Waals surface area contributed by atoms with Crippen molar-refractivity contribution >= 4 is 50.4 Å². The Labute approximate surface area is 131 Å². The lowest BCUT2D eigenvalue weighted by atomic mass is 10.2. The number of nitrogens with zero attached hydrogens (tertiary/aromatic N) is 1. The zero-order valence-electron chi connectivity index (χ0n) is 10.7. The van der Waals surface area contributed by atoms with Crippen molar-refractivity contribution in [2.24, 2.45) is 0 Å². The summed E-state index contributed by atoms with van der Waals surface area (Å²) in [5.41, 5.74) is 1.97. The summed E-state index contributed by atoms with van der Waals surface area (Å²) in [6, 6.07) is 13.8. The predicted molar refractivity (Wildman–Crippen MR) is 88.1 cm³/mol. The van der Waals surface area contributed by atoms with Crippen LogP contribution < -0.4 is 5.32 Å². The van der Waals surface area contributed by atoms with E-state index in [2.05, 4.69) is 23.3 Å². The second kappa shape index (κ2) is 5.60. The number of rotatable bonds is 3. The van der Waals surface area contributed by atoms with Crippen LogP contribution in [0.4, 0.5) is 5.69 Å². The molecule has 1 N–H and O–H groups in total. The maximum absolute atomic E-state index is 6.02. The van der Waals surface area contributed by atoms with Crippen LogP contribution in [0.1, 0.15) is 18.0 Å². The van der Waals surface area contributed by atoms with Gasteiger partial charge in [0.1, 0.15) is 5.01 Å². The van der Waals surface area contributed by atoms with Gasteiger partial charge in [-0.1, -0.05) is 35.3 Å². The van der Waals surface area contributed by atoms with Crippen molar-refractivity contribution in [3.63, 3.8) is 0 Å². The third-order valence-electron chi connectivity index (χ3n) is 2.98. The lowest BCUT2D eigenvalue weighted by Crippen LogP contribution is -2.05. The first kappa shape index (κ1) is 13.7. The van der Waals surface area contributed by atoms with Crippen LogP contribution in [0.25, 0.3) is 10.2 Å². The first-order chi connectivity index (χ1) is 9.63. The molecule has 0 fully saturated rings. The highest BCUT2D eigenvalue weighted by atomic mass is 35.5. The van der Waals surface area contributed by atoms with Crippen molar-refractivity contribution < 1.29 is 0 Å². The number of anilines is 1. The largest absolute Gasteiger partial charge is 0.376 e. The van der Waals surface area contributed by atoms with Gasteiger partial charge in [0.05, 0.1) is 26.3 Å². The molecule has 0 aliphatic rings. The van der Waals surface area contributed by atoms with E-state index in [1.165, 1.54) is 4.70 Å². The molecule has 0 spiro atoms. The molecule has 2 aromatic carbocycles. The fraction of sp³-hybridized carbons (Fsp3) is 0.133. The van der Waals surface area contributed by atoms with Crippen molar-refractivity contribution in [2.75, 3.05) is 5.32 Å². The fourth-order valence-corrected chi connectivity index (χ4v) is 3.24. The minimum Gasteiger partial charge on any atom is -0.376 e. The zero-order valence-corrected chi connectivity index (χ0v) is 13.1. The van der Waals surface area contributed by atoms with Crippen LogP contribution in [0.2, 0.25) is 10.0 Å². The van der Waals surface area contributed by atoms with Crippen molar-refractivity contribution in [1.82, 2.24) is 4.98 Å². The van der Waals surface area contributed by atoms with Crippen LogP contribution >= 0.6 is 34.5 Å². The van der Waals surface area contributed by atoms with Gasteiger partial charge in [-0.05, 0) is 37.3 Å². The van der Waals surface area contributed by atoms with E-state index in [0.717, 1.165) is 16.2 Å². The Morgan fingerprint density at radius 2 is 1.90 bits per heavy atom. The number of halogens is 2. The smallest absolute Gasteiger partial charge is 0.116 e. The van der Waals surface area contributed by atoms with E-state index in [1.807, 2.05) is 30.3 Å². The second-order valence-corrected chi connectivity index (χ2v) is 6.39. The second-order valence-electron chi connectivity index (χ2n) is 4.51. The molecule has 0 radical (unpaired) electrons. The van der Waals surface area contributed by atoms with Crippen molar-refractivity contribution in [2.45, 2.75) is 13.0 Å². The maximum atomic E-state index is 6.02. The number of aromatic nitrogens is 1. The standard InChI is InChI=1S/C15H12Cl2N2S/c1-9(18-10-6-7-11(16)12(17)8-10)15-19-13-4-2-3-5-14(13)20-15/h2-9,18H,1H3. The third-order valence-corrected chi connectivity index (χ3v) is 4.94. The molecule has 0 saturated carbocycles. The molecule has 1 aromatic heterocycles. The summed E-state index contributed by atoms with van der Waals surface area (Å²) < 4.78 is 1.20. The highest BCUT2D eigenvalue weighted by Crippen LogP contribution is 2.30. The summed E-state index contributed by atoms with van der Waals surface area (Å²) in [5.74, 6) is 0. The molecule has 0 aliphatic heterocycles. The van der Waals surface area contributed by atoms with Crippen LogP contribution in [0.3, 0.4) is 0 Å². The average Bonchev–Trinajstić information content (AvgIpc) is 2.87. The zero-order chi connectivity index (χ0) is 14.1. The lowest BCUT2D eigenvalue weighted by molar-refractivity contribution is 0.874. The average molecular weight is 323 g/mol. The molecule has 0 aliphatic carbocycles. The summed E-state index contributed by atoms with van der Waals surface area (Å²) in [6.07, 6.45) is 0. The van der Waals surface area contributed by atoms with Gasteiger partial charge in [0.15, 0.2) is 0 Å². The SMILES string of the molecule is CC(Nc1ccc(Cl)c(Cl)c1)c1nc2ccccc2s1. The van der Waals surface area contributed by atoms with E-state index in [4.69, 9.17) is 23.2 Å². The van der Waals surface area contributed by atoms with E-state index >= 15 is 0 Å². The molecule has 0 bridgehead atoms. The lowest BCUT2D eigenvalue weighted by Gasteiger charge is -2.13. The molecular weight excluding hydrogens is 311 g/mol. The highest BCUT2D eigenvalue weighted by Gasteiger charge is 2.11. The summed E-state index contributed by atoms with van der Waals surface area (Å²) >= 11 is 13.6. The Bertz CT molecular complexity index is 721. The van der Waals surface area contributed by atoms with Crippen molar-refractivity contribution in [3.05, 3.63) is 57.5 Å². The van der Waals surface area contributed by atoms with Gasteiger partial charge in [0, 0.05) is 5.69 Å². The number of nitrogens with one attached hydrogen (secondary N) is 1. The monoisotopic (exact) mass is 322 g/mol. The van der Waals surface area contributed by atoms with Gasteiger partial charge in [-0.25, -0.2) is 4.98 Å². The molecule has 102 valence electrons. The van der Waals surface area contributed by atoms with Gasteiger partial charge in [-0.2, -0.15) is 0 Å². The predicted octanol–water partition coefficient (Wildman–Crippen LogP) is 5.78. The van der Waals surface area contributed by atoms with Crippen LogP contribution in [0.5, 0.6) is 0 Å². The number of thiazole rings is 1. The number of hydrogen-bond acceptors (Lipinski definition) is 3. The Hall–Kier alpha value is -1.29. The van der Waals surface area contributed by atoms with Crippen molar-refractivity contribution in [1.29, 1.82) is 0 Å². The van der Waals surface area contributed by atoms with Gasteiger partial charge in [0.25, 0.3) is 0 Å². The topological polar surface area (TPSA) is 24.9 Å². The Balaban J connectivity index is 1.84. The van der Waals surface area contributed by atoms with E-state index in [0.29, 0.717) is 10.0 Å². The molecule has 1 heterocycles. The normalized spacial score (nSPS) is 12.6. The minimum atomic E-state index is 0.115. The summed E-state index contributed by atoms with van der Waals surface area (Å²) in [6.45, 7) is 2.08. The summed E-state index contributed by atoms with van der Waals surface area (Å²) in [5, 5.41) is 5.55. The molecule has 20 heavy (non-hydrogen) atoms. The van der Waals surface area contributed by atoms with E-state index in [-0.39, 0.29) is 6.04 Å². The van der Waals surface area contributed by atoms with E-state index in [9.17, 15) is 0 Å². The molecule has 3 rings (SSSR count). The molecule has 1 unspecified atom stereocenters. The Morgan fingerprint density at radius 1 is 1.10 bits per heavy atom. The van der Waals surface area contributed by atoms with Gasteiger partial charge >= 0.3 is 0 Å². The van der Waals surface area contributed by atoms with Gasteiger partial charge in [-0.15, -0.1) is 11.3 Å². The van der Waals surface area contributed by atoms with Gasteiger partial charge in [-0.3, -0.25) is 0 Å². The number of benzene rings is 2. The molecule has 5 heteroatoms. The van der Waals surface area contributed by atoms with Crippen LogP contribution in [0, 0.1) is 0 Å². The molecule has 1 atom stereocenters. The molecule has 3 aromatic rings. The van der Waals surface area contributed by atoms with Crippen molar-refractivity contribution in [3.8, 4) is 0 Å². The maximum Gasteiger partial charge on any atom is 0.116 e. The first-order valence-corrected chi connectivity index (χ1v) is 7.78. The summed E-state index contributed by atoms with van der Waals surface area (Å²) in [4.78, 5) is 4.65. The van der Waals surface area contributed by atoms with Crippen LogP contribution in [-0.2, 0) is 0 Å². The van der Waals surface area contributed by atoms with Gasteiger partial charge in [0.2, 0.25) is 0 Å². The van der Waals surface area contributed by atoms with Crippen LogP contribution in [0.15, 0.2) is 42.5 Å².